The van der Waals surface area contributed by atoms with Crippen LogP contribution in [-0.4, -0.2) is 20.0 Å². The van der Waals surface area contributed by atoms with Crippen LogP contribution in [0.4, 0.5) is 0 Å². The Kier molecular flexibility index (Phi) is 6.23. The maximum absolute atomic E-state index is 6.50. The number of nitrogens with zero attached hydrogens (tertiary/aromatic N) is 4. The van der Waals surface area contributed by atoms with Gasteiger partial charge in [-0.3, -0.25) is 4.98 Å². The van der Waals surface area contributed by atoms with E-state index >= 15 is 0 Å². The lowest BCUT2D eigenvalue weighted by molar-refractivity contribution is 0.431. The molecule has 0 aliphatic carbocycles. The zero-order valence-corrected chi connectivity index (χ0v) is 23.6. The summed E-state index contributed by atoms with van der Waals surface area (Å²) in [6.07, 6.45) is 3.61. The Morgan fingerprint density at radius 2 is 1.30 bits per heavy atom. The molecule has 5 aromatic carbocycles. The van der Waals surface area contributed by atoms with Gasteiger partial charge in [-0.05, 0) is 54.1 Å². The van der Waals surface area contributed by atoms with Crippen LogP contribution in [-0.2, 0) is 5.41 Å². The minimum atomic E-state index is -0.721. The summed E-state index contributed by atoms with van der Waals surface area (Å²) in [6, 6.07) is 48.5. The Hall–Kier alpha value is -6.01. The summed E-state index contributed by atoms with van der Waals surface area (Å²) in [5, 5.41) is 9.19. The van der Waals surface area contributed by atoms with E-state index < -0.39 is 5.41 Å². The number of para-hydroxylation sites is 2. The molecule has 2 aromatic heterocycles. The molecule has 0 N–H and O–H groups in total. The number of pyridine rings is 1. The quantitative estimate of drug-likeness (QED) is 0.200. The van der Waals surface area contributed by atoms with Gasteiger partial charge in [-0.25, -0.2) is 0 Å². The van der Waals surface area contributed by atoms with Crippen molar-refractivity contribution in [3.05, 3.63) is 180 Å². The first kappa shape index (κ1) is 25.7. The van der Waals surface area contributed by atoms with Crippen molar-refractivity contribution in [2.75, 3.05) is 0 Å². The monoisotopic (exact) mass is 570 g/mol. The average molecular weight is 571 g/mol. The second-order valence-electron chi connectivity index (χ2n) is 10.6. The minimum absolute atomic E-state index is 0.679. The largest absolute Gasteiger partial charge is 0.457 e. The summed E-state index contributed by atoms with van der Waals surface area (Å²) in [5.74, 6) is 2.99. The molecule has 44 heavy (non-hydrogen) atoms. The smallest absolute Gasteiger partial charge is 0.132 e. The fourth-order valence-electron chi connectivity index (χ4n) is 6.04. The molecule has 1 aliphatic heterocycles. The van der Waals surface area contributed by atoms with Gasteiger partial charge in [0.05, 0.1) is 23.0 Å². The normalized spacial score (nSPS) is 12.9. The SMILES string of the molecule is c1ccc(-c2cnn(-c3cccc(Oc4cccc(C5(c6ccccn6)c6ccccc6Oc6ccccc65)c4)c3)n2)cc1. The third-order valence-corrected chi connectivity index (χ3v) is 7.96. The predicted molar refractivity (Wildman–Crippen MR) is 169 cm³/mol. The lowest BCUT2D eigenvalue weighted by atomic mass is 9.65. The first-order valence-electron chi connectivity index (χ1n) is 14.4. The molecule has 8 rings (SSSR count). The van der Waals surface area contributed by atoms with Gasteiger partial charge in [0, 0.05) is 29.0 Å². The van der Waals surface area contributed by atoms with E-state index in [1.54, 1.807) is 11.0 Å². The molecule has 6 nitrogen and oxygen atoms in total. The van der Waals surface area contributed by atoms with E-state index in [2.05, 4.69) is 35.4 Å². The molecule has 0 saturated heterocycles. The van der Waals surface area contributed by atoms with Crippen molar-refractivity contribution >= 4 is 0 Å². The van der Waals surface area contributed by atoms with Crippen LogP contribution in [0.3, 0.4) is 0 Å². The van der Waals surface area contributed by atoms with Gasteiger partial charge in [-0.2, -0.15) is 9.90 Å². The summed E-state index contributed by atoms with van der Waals surface area (Å²) < 4.78 is 12.9. The predicted octanol–water partition coefficient (Wildman–Crippen LogP) is 8.61. The number of fused-ring (bicyclic) bond motifs is 2. The van der Waals surface area contributed by atoms with E-state index in [4.69, 9.17) is 19.6 Å². The van der Waals surface area contributed by atoms with Gasteiger partial charge in [-0.15, -0.1) is 5.10 Å². The zero-order valence-electron chi connectivity index (χ0n) is 23.6. The highest BCUT2D eigenvalue weighted by molar-refractivity contribution is 5.68. The Bertz CT molecular complexity index is 2040. The summed E-state index contributed by atoms with van der Waals surface area (Å²) in [7, 11) is 0. The van der Waals surface area contributed by atoms with E-state index in [0.29, 0.717) is 11.5 Å². The number of rotatable bonds is 6. The van der Waals surface area contributed by atoms with Crippen molar-refractivity contribution in [3.63, 3.8) is 0 Å². The van der Waals surface area contributed by atoms with Crippen LogP contribution in [0.1, 0.15) is 22.4 Å². The molecule has 6 heteroatoms. The summed E-state index contributed by atoms with van der Waals surface area (Å²) in [4.78, 5) is 6.54. The Labute approximate surface area is 254 Å². The van der Waals surface area contributed by atoms with Crippen LogP contribution >= 0.6 is 0 Å². The molecular weight excluding hydrogens is 544 g/mol. The van der Waals surface area contributed by atoms with Crippen LogP contribution in [0.5, 0.6) is 23.0 Å². The number of hydrogen-bond acceptors (Lipinski definition) is 5. The molecule has 0 radical (unpaired) electrons. The van der Waals surface area contributed by atoms with Crippen LogP contribution in [0.2, 0.25) is 0 Å². The molecule has 0 spiro atoms. The number of ether oxygens (including phenoxy) is 2. The van der Waals surface area contributed by atoms with E-state index in [1.165, 1.54) is 0 Å². The zero-order chi connectivity index (χ0) is 29.3. The third kappa shape index (κ3) is 4.32. The highest BCUT2D eigenvalue weighted by Gasteiger charge is 2.46. The van der Waals surface area contributed by atoms with Crippen LogP contribution in [0.15, 0.2) is 158 Å². The molecule has 210 valence electrons. The highest BCUT2D eigenvalue weighted by atomic mass is 16.5. The molecule has 0 unspecified atom stereocenters. The van der Waals surface area contributed by atoms with Crippen molar-refractivity contribution in [1.29, 1.82) is 0 Å². The summed E-state index contributed by atoms with van der Waals surface area (Å²) in [6.45, 7) is 0. The molecule has 1 aliphatic rings. The van der Waals surface area contributed by atoms with Gasteiger partial charge < -0.3 is 9.47 Å². The van der Waals surface area contributed by atoms with Crippen LogP contribution in [0.25, 0.3) is 16.9 Å². The molecule has 0 bridgehead atoms. The molecule has 0 amide bonds. The van der Waals surface area contributed by atoms with Crippen molar-refractivity contribution < 1.29 is 9.47 Å². The standard InChI is InChI=1S/C38H26N4O2/c1-2-12-27(13-3-1)34-26-40-42(41-34)29-15-11-17-31(25-29)43-30-16-10-14-28(24-30)38(37-22-8-9-23-39-37)32-18-4-6-20-35(32)44-36-21-7-5-19-33(36)38/h1-26H. The molecule has 0 atom stereocenters. The Balaban J connectivity index is 1.21. The summed E-state index contributed by atoms with van der Waals surface area (Å²) >= 11 is 0. The van der Waals surface area contributed by atoms with Gasteiger partial charge in [0.25, 0.3) is 0 Å². The van der Waals surface area contributed by atoms with E-state index in [9.17, 15) is 0 Å². The van der Waals surface area contributed by atoms with E-state index in [0.717, 1.165) is 50.8 Å². The van der Waals surface area contributed by atoms with Crippen molar-refractivity contribution in [2.45, 2.75) is 5.41 Å². The third-order valence-electron chi connectivity index (χ3n) is 7.96. The average Bonchev–Trinajstić information content (AvgIpc) is 3.59. The van der Waals surface area contributed by atoms with Gasteiger partial charge in [0.2, 0.25) is 0 Å². The lowest BCUT2D eigenvalue weighted by Gasteiger charge is -2.40. The van der Waals surface area contributed by atoms with Crippen molar-refractivity contribution in [3.8, 4) is 39.9 Å². The second kappa shape index (κ2) is 10.7. The van der Waals surface area contributed by atoms with E-state index in [1.807, 2.05) is 121 Å². The number of benzene rings is 5. The number of aromatic nitrogens is 4. The Morgan fingerprint density at radius 3 is 2.05 bits per heavy atom. The lowest BCUT2D eigenvalue weighted by Crippen LogP contribution is -2.35. The van der Waals surface area contributed by atoms with Gasteiger partial charge >= 0.3 is 0 Å². The second-order valence-corrected chi connectivity index (χ2v) is 10.6. The van der Waals surface area contributed by atoms with Crippen LogP contribution < -0.4 is 9.47 Å². The first-order valence-corrected chi connectivity index (χ1v) is 14.4. The molecule has 7 aromatic rings. The fraction of sp³-hybridized carbons (Fsp3) is 0.0263. The molecule has 0 fully saturated rings. The minimum Gasteiger partial charge on any atom is -0.457 e. The fourth-order valence-corrected chi connectivity index (χ4v) is 6.04. The molecular formula is C38H26N4O2. The maximum Gasteiger partial charge on any atom is 0.132 e. The maximum atomic E-state index is 6.50. The first-order chi connectivity index (χ1) is 21.8. The van der Waals surface area contributed by atoms with Crippen molar-refractivity contribution in [1.82, 2.24) is 20.0 Å². The van der Waals surface area contributed by atoms with Crippen molar-refractivity contribution in [2.24, 2.45) is 0 Å². The highest BCUT2D eigenvalue weighted by Crippen LogP contribution is 2.55. The Morgan fingerprint density at radius 1 is 0.614 bits per heavy atom. The van der Waals surface area contributed by atoms with E-state index in [-0.39, 0.29) is 0 Å². The number of hydrogen-bond donors (Lipinski definition) is 0. The summed E-state index contributed by atoms with van der Waals surface area (Å²) in [5.41, 5.74) is 5.88. The van der Waals surface area contributed by atoms with Gasteiger partial charge in [-0.1, -0.05) is 91.0 Å². The molecule has 0 saturated carbocycles. The van der Waals surface area contributed by atoms with Gasteiger partial charge in [0.15, 0.2) is 0 Å². The topological polar surface area (TPSA) is 62.1 Å². The van der Waals surface area contributed by atoms with Gasteiger partial charge in [0.1, 0.15) is 28.7 Å². The molecule has 3 heterocycles. The van der Waals surface area contributed by atoms with Crippen LogP contribution in [0, 0.1) is 0 Å².